The van der Waals surface area contributed by atoms with E-state index in [-0.39, 0.29) is 18.1 Å². The van der Waals surface area contributed by atoms with Crippen LogP contribution in [0.25, 0.3) is 11.1 Å². The highest BCUT2D eigenvalue weighted by molar-refractivity contribution is 7.86. The number of hydrogen-bond donors (Lipinski definition) is 1. The molecule has 0 radical (unpaired) electrons. The summed E-state index contributed by atoms with van der Waals surface area (Å²) in [6.45, 7) is -0.565. The van der Waals surface area contributed by atoms with Crippen molar-refractivity contribution in [3.63, 3.8) is 0 Å². The van der Waals surface area contributed by atoms with Crippen molar-refractivity contribution in [3.8, 4) is 11.1 Å². The Bertz CT molecular complexity index is 618. The molecule has 0 heterocycles. The Morgan fingerprint density at radius 2 is 1.47 bits per heavy atom. The maximum Gasteiger partial charge on any atom is 0.297 e. The number of rotatable bonds is 5. The van der Waals surface area contributed by atoms with Gasteiger partial charge >= 0.3 is 0 Å². The molecule has 0 aliphatic rings. The smallest absolute Gasteiger partial charge is 0.297 e. The van der Waals surface area contributed by atoms with Gasteiger partial charge in [-0.1, -0.05) is 42.5 Å². The molecule has 2 rings (SSSR count). The fourth-order valence-corrected chi connectivity index (χ4v) is 2.56. The van der Waals surface area contributed by atoms with Gasteiger partial charge in [0.25, 0.3) is 10.1 Å². The summed E-state index contributed by atoms with van der Waals surface area (Å²) in [7, 11) is -3.78. The summed E-state index contributed by atoms with van der Waals surface area (Å²) in [5.74, 6) is 0. The van der Waals surface area contributed by atoms with Crippen LogP contribution in [0.2, 0.25) is 0 Å². The van der Waals surface area contributed by atoms with Crippen LogP contribution in [0.1, 0.15) is 0 Å². The van der Waals surface area contributed by atoms with Gasteiger partial charge in [-0.2, -0.15) is 8.42 Å². The Hall–Kier alpha value is -1.69. The quantitative estimate of drug-likeness (QED) is 0.850. The Morgan fingerprint density at radius 3 is 2.05 bits per heavy atom. The lowest BCUT2D eigenvalue weighted by molar-refractivity contribution is 0.205. The monoisotopic (exact) mass is 278 g/mol. The molecule has 4 nitrogen and oxygen atoms in total. The number of benzene rings is 2. The van der Waals surface area contributed by atoms with Crippen LogP contribution in [-0.4, -0.2) is 26.7 Å². The van der Waals surface area contributed by atoms with Crippen LogP contribution in [0.15, 0.2) is 59.5 Å². The first kappa shape index (κ1) is 13.7. The standard InChI is InChI=1S/C14H14O4S/c15-10-11-18-19(16,17)14-8-6-13(7-9-14)12-4-2-1-3-5-12/h1-9,15H,10-11H2. The first-order chi connectivity index (χ1) is 9.13. The normalized spacial score (nSPS) is 11.4. The van der Waals surface area contributed by atoms with Gasteiger partial charge in [0.2, 0.25) is 0 Å². The third kappa shape index (κ3) is 3.41. The topological polar surface area (TPSA) is 63.6 Å². The fourth-order valence-electron chi connectivity index (χ4n) is 1.66. The largest absolute Gasteiger partial charge is 0.394 e. The van der Waals surface area contributed by atoms with E-state index in [4.69, 9.17) is 5.11 Å². The van der Waals surface area contributed by atoms with Crippen LogP contribution < -0.4 is 0 Å². The van der Waals surface area contributed by atoms with E-state index in [1.54, 1.807) is 12.1 Å². The van der Waals surface area contributed by atoms with Gasteiger partial charge in [0.1, 0.15) is 0 Å². The van der Waals surface area contributed by atoms with Crippen molar-refractivity contribution >= 4 is 10.1 Å². The van der Waals surface area contributed by atoms with Crippen molar-refractivity contribution in [2.24, 2.45) is 0 Å². The first-order valence-corrected chi connectivity index (χ1v) is 7.20. The summed E-state index contributed by atoms with van der Waals surface area (Å²) in [5.41, 5.74) is 1.95. The summed E-state index contributed by atoms with van der Waals surface area (Å²) < 4.78 is 28.0. The molecule has 0 saturated carbocycles. The Labute approximate surface area is 112 Å². The molecule has 1 N–H and O–H groups in total. The van der Waals surface area contributed by atoms with E-state index in [1.807, 2.05) is 30.3 Å². The fraction of sp³-hybridized carbons (Fsp3) is 0.143. The molecule has 0 saturated heterocycles. The van der Waals surface area contributed by atoms with E-state index < -0.39 is 10.1 Å². The van der Waals surface area contributed by atoms with Crippen molar-refractivity contribution < 1.29 is 17.7 Å². The SMILES string of the molecule is O=S(=O)(OCCO)c1ccc(-c2ccccc2)cc1. The average Bonchev–Trinajstić information content (AvgIpc) is 2.46. The maximum atomic E-state index is 11.7. The second kappa shape index (κ2) is 5.97. The molecule has 19 heavy (non-hydrogen) atoms. The molecule has 0 fully saturated rings. The Balaban J connectivity index is 2.24. The highest BCUT2D eigenvalue weighted by Gasteiger charge is 2.14. The maximum absolute atomic E-state index is 11.7. The van der Waals surface area contributed by atoms with Crippen molar-refractivity contribution in [1.29, 1.82) is 0 Å². The summed E-state index contributed by atoms with van der Waals surface area (Å²) in [5, 5.41) is 8.58. The molecule has 0 aliphatic heterocycles. The minimum absolute atomic E-state index is 0.0839. The molecule has 5 heteroatoms. The third-order valence-electron chi connectivity index (χ3n) is 2.58. The Morgan fingerprint density at radius 1 is 0.895 bits per heavy atom. The zero-order valence-corrected chi connectivity index (χ0v) is 11.0. The molecule has 0 bridgehead atoms. The summed E-state index contributed by atoms with van der Waals surface area (Å²) in [4.78, 5) is 0.0839. The average molecular weight is 278 g/mol. The van der Waals surface area contributed by atoms with E-state index in [0.29, 0.717) is 0 Å². The van der Waals surface area contributed by atoms with Gasteiger partial charge in [0, 0.05) is 0 Å². The molecule has 0 aromatic heterocycles. The van der Waals surface area contributed by atoms with Crippen LogP contribution in [0, 0.1) is 0 Å². The van der Waals surface area contributed by atoms with Crippen molar-refractivity contribution in [3.05, 3.63) is 54.6 Å². The molecule has 0 spiro atoms. The second-order valence-electron chi connectivity index (χ2n) is 3.89. The van der Waals surface area contributed by atoms with Crippen LogP contribution in [0.5, 0.6) is 0 Å². The van der Waals surface area contributed by atoms with E-state index in [9.17, 15) is 8.42 Å². The number of aliphatic hydroxyl groups excluding tert-OH is 1. The van der Waals surface area contributed by atoms with Crippen molar-refractivity contribution in [1.82, 2.24) is 0 Å². The first-order valence-electron chi connectivity index (χ1n) is 5.79. The van der Waals surface area contributed by atoms with Gasteiger partial charge in [-0.25, -0.2) is 0 Å². The summed E-state index contributed by atoms with van der Waals surface area (Å²) in [6.07, 6.45) is 0. The van der Waals surface area contributed by atoms with Gasteiger partial charge in [-0.05, 0) is 23.3 Å². The molecule has 0 unspecified atom stereocenters. The molecule has 0 aliphatic carbocycles. The van der Waals surface area contributed by atoms with E-state index >= 15 is 0 Å². The molecule has 0 atom stereocenters. The van der Waals surface area contributed by atoms with Gasteiger partial charge in [-0.15, -0.1) is 0 Å². The van der Waals surface area contributed by atoms with Gasteiger partial charge < -0.3 is 5.11 Å². The minimum atomic E-state index is -3.78. The predicted molar refractivity (Wildman–Crippen MR) is 72.1 cm³/mol. The van der Waals surface area contributed by atoms with Crippen molar-refractivity contribution in [2.75, 3.05) is 13.2 Å². The van der Waals surface area contributed by atoms with Crippen LogP contribution in [0.3, 0.4) is 0 Å². The van der Waals surface area contributed by atoms with Gasteiger partial charge in [0.05, 0.1) is 18.1 Å². The molecule has 2 aromatic rings. The lowest BCUT2D eigenvalue weighted by atomic mass is 10.1. The minimum Gasteiger partial charge on any atom is -0.394 e. The number of hydrogen-bond acceptors (Lipinski definition) is 4. The molecule has 2 aromatic carbocycles. The van der Waals surface area contributed by atoms with Crippen LogP contribution in [-0.2, 0) is 14.3 Å². The molecule has 0 amide bonds. The molecule has 100 valence electrons. The van der Waals surface area contributed by atoms with Crippen LogP contribution in [0.4, 0.5) is 0 Å². The summed E-state index contributed by atoms with van der Waals surface area (Å²) in [6, 6.07) is 16.1. The predicted octanol–water partition coefficient (Wildman–Crippen LogP) is 2.05. The third-order valence-corrected chi connectivity index (χ3v) is 3.91. The van der Waals surface area contributed by atoms with Crippen molar-refractivity contribution in [2.45, 2.75) is 4.90 Å². The molecular weight excluding hydrogens is 264 g/mol. The van der Waals surface area contributed by atoms with E-state index in [1.165, 1.54) is 12.1 Å². The Kier molecular flexibility index (Phi) is 4.31. The highest BCUT2D eigenvalue weighted by Crippen LogP contribution is 2.21. The van der Waals surface area contributed by atoms with E-state index in [0.717, 1.165) is 11.1 Å². The lowest BCUT2D eigenvalue weighted by Crippen LogP contribution is -2.09. The highest BCUT2D eigenvalue weighted by atomic mass is 32.2. The summed E-state index contributed by atoms with van der Waals surface area (Å²) >= 11 is 0. The lowest BCUT2D eigenvalue weighted by Gasteiger charge is -2.06. The van der Waals surface area contributed by atoms with Gasteiger partial charge in [-0.3, -0.25) is 4.18 Å². The zero-order valence-electron chi connectivity index (χ0n) is 10.2. The number of aliphatic hydroxyl groups is 1. The van der Waals surface area contributed by atoms with Gasteiger partial charge in [0.15, 0.2) is 0 Å². The zero-order chi connectivity index (χ0) is 13.7. The molecular formula is C14H14O4S. The second-order valence-corrected chi connectivity index (χ2v) is 5.51. The van der Waals surface area contributed by atoms with Crippen LogP contribution >= 0.6 is 0 Å². The van der Waals surface area contributed by atoms with E-state index in [2.05, 4.69) is 4.18 Å².